The summed E-state index contributed by atoms with van der Waals surface area (Å²) in [5.41, 5.74) is 4.71. The fourth-order valence-electron chi connectivity index (χ4n) is 2.24. The lowest BCUT2D eigenvalue weighted by molar-refractivity contribution is 0.462. The van der Waals surface area contributed by atoms with E-state index in [9.17, 15) is 0 Å². The maximum atomic E-state index is 6.18. The molecule has 2 rings (SSSR count). The van der Waals surface area contributed by atoms with Gasteiger partial charge in [-0.3, -0.25) is 4.98 Å². The second-order valence-corrected chi connectivity index (χ2v) is 5.42. The Morgan fingerprint density at radius 1 is 1.10 bits per heavy atom. The molecule has 0 atom stereocenters. The summed E-state index contributed by atoms with van der Waals surface area (Å²) in [4.78, 5) is 4.20. The van der Waals surface area contributed by atoms with E-state index in [-0.39, 0.29) is 0 Å². The van der Waals surface area contributed by atoms with Gasteiger partial charge >= 0.3 is 0 Å². The number of hydrogen-bond donors (Lipinski definition) is 1. The summed E-state index contributed by atoms with van der Waals surface area (Å²) in [6.45, 7) is 10.3. The van der Waals surface area contributed by atoms with Crippen molar-refractivity contribution in [3.8, 4) is 11.5 Å². The standard InChI is InChI=1S/C18H24N2O/c1-5-9-19-11-16-8-10-20-12-17(16)21-18-14(3)7-6-13(2)15(18)4/h6-8,10,12,19H,5,9,11H2,1-4H3. The third-order valence-electron chi connectivity index (χ3n) is 3.70. The van der Waals surface area contributed by atoms with Crippen molar-refractivity contribution in [2.45, 2.75) is 40.7 Å². The van der Waals surface area contributed by atoms with Crippen LogP contribution in [-0.2, 0) is 6.54 Å². The van der Waals surface area contributed by atoms with Crippen molar-refractivity contribution in [1.29, 1.82) is 0 Å². The first-order chi connectivity index (χ1) is 10.1. The summed E-state index contributed by atoms with van der Waals surface area (Å²) < 4.78 is 6.18. The van der Waals surface area contributed by atoms with Crippen molar-refractivity contribution in [2.24, 2.45) is 0 Å². The van der Waals surface area contributed by atoms with Crippen molar-refractivity contribution >= 4 is 0 Å². The third-order valence-corrected chi connectivity index (χ3v) is 3.70. The molecular formula is C18H24N2O. The van der Waals surface area contributed by atoms with Crippen LogP contribution in [0.25, 0.3) is 0 Å². The van der Waals surface area contributed by atoms with Crippen molar-refractivity contribution in [3.63, 3.8) is 0 Å². The molecule has 112 valence electrons. The summed E-state index contributed by atoms with van der Waals surface area (Å²) in [5, 5.41) is 3.41. The molecule has 1 aromatic carbocycles. The first kappa shape index (κ1) is 15.5. The Morgan fingerprint density at radius 2 is 1.86 bits per heavy atom. The van der Waals surface area contributed by atoms with Gasteiger partial charge in [-0.25, -0.2) is 0 Å². The second kappa shape index (κ2) is 7.23. The summed E-state index contributed by atoms with van der Waals surface area (Å²) in [7, 11) is 0. The molecule has 1 heterocycles. The van der Waals surface area contributed by atoms with Crippen LogP contribution in [0.2, 0.25) is 0 Å². The highest BCUT2D eigenvalue weighted by atomic mass is 16.5. The van der Waals surface area contributed by atoms with Crippen molar-refractivity contribution in [1.82, 2.24) is 10.3 Å². The van der Waals surface area contributed by atoms with Crippen molar-refractivity contribution in [2.75, 3.05) is 6.54 Å². The fourth-order valence-corrected chi connectivity index (χ4v) is 2.24. The van der Waals surface area contributed by atoms with Gasteiger partial charge in [0.15, 0.2) is 0 Å². The Morgan fingerprint density at radius 3 is 2.62 bits per heavy atom. The zero-order chi connectivity index (χ0) is 15.2. The molecule has 0 amide bonds. The molecule has 0 unspecified atom stereocenters. The highest BCUT2D eigenvalue weighted by Gasteiger charge is 2.10. The minimum absolute atomic E-state index is 0.801. The second-order valence-electron chi connectivity index (χ2n) is 5.42. The van der Waals surface area contributed by atoms with Gasteiger partial charge in [-0.2, -0.15) is 0 Å². The molecule has 0 saturated heterocycles. The molecule has 0 aliphatic rings. The fraction of sp³-hybridized carbons (Fsp3) is 0.389. The number of benzene rings is 1. The van der Waals surface area contributed by atoms with Gasteiger partial charge in [0.1, 0.15) is 11.5 Å². The Hall–Kier alpha value is -1.87. The Labute approximate surface area is 127 Å². The SMILES string of the molecule is CCCNCc1ccncc1Oc1c(C)ccc(C)c1C. The van der Waals surface area contributed by atoms with Gasteiger partial charge in [-0.15, -0.1) is 0 Å². The lowest BCUT2D eigenvalue weighted by atomic mass is 10.1. The molecule has 0 spiro atoms. The number of aryl methyl sites for hydroxylation is 2. The van der Waals surface area contributed by atoms with E-state index in [2.05, 4.69) is 50.1 Å². The maximum absolute atomic E-state index is 6.18. The maximum Gasteiger partial charge on any atom is 0.150 e. The molecule has 0 aliphatic heterocycles. The number of ether oxygens (including phenoxy) is 1. The van der Waals surface area contributed by atoms with Gasteiger partial charge in [0.25, 0.3) is 0 Å². The van der Waals surface area contributed by atoms with E-state index in [0.29, 0.717) is 0 Å². The molecule has 0 radical (unpaired) electrons. The van der Waals surface area contributed by atoms with Crippen LogP contribution in [0.5, 0.6) is 11.5 Å². The minimum atomic E-state index is 0.801. The van der Waals surface area contributed by atoms with E-state index in [4.69, 9.17) is 4.74 Å². The van der Waals surface area contributed by atoms with E-state index in [1.54, 1.807) is 6.20 Å². The van der Waals surface area contributed by atoms with Crippen molar-refractivity contribution in [3.05, 3.63) is 52.8 Å². The third kappa shape index (κ3) is 3.82. The number of aromatic nitrogens is 1. The average Bonchev–Trinajstić information content (AvgIpc) is 2.49. The number of rotatable bonds is 6. The van der Waals surface area contributed by atoms with Gasteiger partial charge in [-0.1, -0.05) is 19.1 Å². The molecular weight excluding hydrogens is 260 g/mol. The molecule has 1 N–H and O–H groups in total. The smallest absolute Gasteiger partial charge is 0.150 e. The van der Waals surface area contributed by atoms with Gasteiger partial charge in [-0.05, 0) is 56.5 Å². The predicted molar refractivity (Wildman–Crippen MR) is 87.0 cm³/mol. The number of pyridine rings is 1. The van der Waals surface area contributed by atoms with Crippen LogP contribution < -0.4 is 10.1 Å². The zero-order valence-electron chi connectivity index (χ0n) is 13.4. The number of nitrogens with zero attached hydrogens (tertiary/aromatic N) is 1. The molecule has 0 bridgehead atoms. The van der Waals surface area contributed by atoms with Crippen LogP contribution in [0.3, 0.4) is 0 Å². The highest BCUT2D eigenvalue weighted by molar-refractivity contribution is 5.47. The molecule has 0 aliphatic carbocycles. The topological polar surface area (TPSA) is 34.2 Å². The predicted octanol–water partition coefficient (Wildman–Crippen LogP) is 4.30. The van der Waals surface area contributed by atoms with Crippen LogP contribution in [-0.4, -0.2) is 11.5 Å². The van der Waals surface area contributed by atoms with E-state index in [1.165, 1.54) is 11.1 Å². The quantitative estimate of drug-likeness (QED) is 0.803. The molecule has 3 heteroatoms. The van der Waals surface area contributed by atoms with Crippen LogP contribution >= 0.6 is 0 Å². The number of nitrogens with one attached hydrogen (secondary N) is 1. The molecule has 3 nitrogen and oxygen atoms in total. The highest BCUT2D eigenvalue weighted by Crippen LogP contribution is 2.31. The van der Waals surface area contributed by atoms with Crippen molar-refractivity contribution < 1.29 is 4.74 Å². The zero-order valence-corrected chi connectivity index (χ0v) is 13.4. The van der Waals surface area contributed by atoms with E-state index < -0.39 is 0 Å². The summed E-state index contributed by atoms with van der Waals surface area (Å²) in [6.07, 6.45) is 4.73. The summed E-state index contributed by atoms with van der Waals surface area (Å²) >= 11 is 0. The molecule has 2 aromatic rings. The molecule has 1 aromatic heterocycles. The first-order valence-corrected chi connectivity index (χ1v) is 7.51. The van der Waals surface area contributed by atoms with Gasteiger partial charge in [0.2, 0.25) is 0 Å². The Bertz CT molecular complexity index is 608. The Balaban J connectivity index is 2.26. The average molecular weight is 284 g/mol. The van der Waals surface area contributed by atoms with Gasteiger partial charge in [0, 0.05) is 18.3 Å². The Kier molecular flexibility index (Phi) is 5.34. The normalized spacial score (nSPS) is 10.7. The lowest BCUT2D eigenvalue weighted by Gasteiger charge is -2.16. The number of hydrogen-bond acceptors (Lipinski definition) is 3. The summed E-state index contributed by atoms with van der Waals surface area (Å²) in [6, 6.07) is 6.24. The lowest BCUT2D eigenvalue weighted by Crippen LogP contribution is -2.14. The van der Waals surface area contributed by atoms with Crippen LogP contribution in [0.15, 0.2) is 30.6 Å². The van der Waals surface area contributed by atoms with Crippen LogP contribution in [0, 0.1) is 20.8 Å². The van der Waals surface area contributed by atoms with E-state index in [1.807, 2.05) is 12.3 Å². The minimum Gasteiger partial charge on any atom is -0.455 e. The van der Waals surface area contributed by atoms with E-state index >= 15 is 0 Å². The first-order valence-electron chi connectivity index (χ1n) is 7.51. The van der Waals surface area contributed by atoms with Crippen LogP contribution in [0.4, 0.5) is 0 Å². The monoisotopic (exact) mass is 284 g/mol. The molecule has 21 heavy (non-hydrogen) atoms. The van der Waals surface area contributed by atoms with E-state index in [0.717, 1.165) is 42.1 Å². The van der Waals surface area contributed by atoms with Gasteiger partial charge < -0.3 is 10.1 Å². The summed E-state index contributed by atoms with van der Waals surface area (Å²) in [5.74, 6) is 1.78. The van der Waals surface area contributed by atoms with Gasteiger partial charge in [0.05, 0.1) is 6.20 Å². The molecule has 0 fully saturated rings. The largest absolute Gasteiger partial charge is 0.455 e. The molecule has 0 saturated carbocycles. The van der Waals surface area contributed by atoms with Crippen LogP contribution in [0.1, 0.15) is 35.6 Å².